The number of hydrogen-bond acceptors (Lipinski definition) is 5. The van der Waals surface area contributed by atoms with Crippen LogP contribution in [0.3, 0.4) is 0 Å². The number of nitrogens with one attached hydrogen (secondary N) is 2. The number of rotatable bonds is 3. The van der Waals surface area contributed by atoms with Gasteiger partial charge in [-0.1, -0.05) is 42.5 Å². The first-order chi connectivity index (χ1) is 13.2. The maximum atomic E-state index is 12.6. The Morgan fingerprint density at radius 1 is 1.07 bits per heavy atom. The van der Waals surface area contributed by atoms with E-state index in [1.807, 2.05) is 42.5 Å². The number of aromatic hydroxyl groups is 1. The summed E-state index contributed by atoms with van der Waals surface area (Å²) in [6, 6.07) is 19.9. The van der Waals surface area contributed by atoms with Gasteiger partial charge >= 0.3 is 0 Å². The number of carbonyl (C=O) groups excluding carboxylic acids is 1. The zero-order valence-electron chi connectivity index (χ0n) is 14.6. The van der Waals surface area contributed by atoms with E-state index in [-0.39, 0.29) is 17.6 Å². The summed E-state index contributed by atoms with van der Waals surface area (Å²) in [5, 5.41) is 16.6. The van der Waals surface area contributed by atoms with Crippen LogP contribution in [0.2, 0.25) is 0 Å². The van der Waals surface area contributed by atoms with Gasteiger partial charge in [0.1, 0.15) is 11.6 Å². The molecule has 0 saturated carbocycles. The number of benzene rings is 2. The van der Waals surface area contributed by atoms with E-state index in [0.717, 1.165) is 16.9 Å². The van der Waals surface area contributed by atoms with Crippen LogP contribution in [0.25, 0.3) is 0 Å². The van der Waals surface area contributed by atoms with E-state index >= 15 is 0 Å². The fourth-order valence-corrected chi connectivity index (χ4v) is 3.16. The Morgan fingerprint density at radius 3 is 2.74 bits per heavy atom. The van der Waals surface area contributed by atoms with Crippen LogP contribution in [0, 0.1) is 0 Å². The normalized spacial score (nSPS) is 17.3. The van der Waals surface area contributed by atoms with Gasteiger partial charge in [-0.15, -0.1) is 0 Å². The topological polar surface area (TPSA) is 74.2 Å². The lowest BCUT2D eigenvalue weighted by molar-refractivity contribution is 0.104. The van der Waals surface area contributed by atoms with Crippen molar-refractivity contribution in [2.45, 2.75) is 12.5 Å². The second kappa shape index (κ2) is 7.33. The smallest absolute Gasteiger partial charge is 0.187 e. The summed E-state index contributed by atoms with van der Waals surface area (Å²) >= 11 is 0. The summed E-state index contributed by atoms with van der Waals surface area (Å²) in [5.41, 5.74) is 3.17. The highest BCUT2D eigenvalue weighted by atomic mass is 16.3. The number of nitrogens with zero attached hydrogens (tertiary/aromatic N) is 1. The van der Waals surface area contributed by atoms with Crippen molar-refractivity contribution < 1.29 is 9.90 Å². The first kappa shape index (κ1) is 16.8. The van der Waals surface area contributed by atoms with Gasteiger partial charge in [0.15, 0.2) is 5.78 Å². The standard InChI is InChI=1S/C22H19N3O2/c26-18-9-4-8-16(12-18)20-13-17(14-21(27)15-6-2-1-3-7-15)24-19-10-5-11-23-22(19)25-20/h1-12,14,20,24,26H,13H2,(H,23,25)/b17-14+. The Balaban J connectivity index is 1.71. The molecule has 3 aromatic rings. The molecule has 0 saturated heterocycles. The summed E-state index contributed by atoms with van der Waals surface area (Å²) in [6.07, 6.45) is 3.91. The molecule has 2 aromatic carbocycles. The van der Waals surface area contributed by atoms with Crippen molar-refractivity contribution in [2.24, 2.45) is 0 Å². The zero-order chi connectivity index (χ0) is 18.6. The predicted molar refractivity (Wildman–Crippen MR) is 106 cm³/mol. The Labute approximate surface area is 157 Å². The molecule has 0 spiro atoms. The van der Waals surface area contributed by atoms with Gasteiger partial charge in [0.25, 0.3) is 0 Å². The molecule has 1 aromatic heterocycles. The molecule has 0 bridgehead atoms. The van der Waals surface area contributed by atoms with E-state index < -0.39 is 0 Å². The molecule has 0 radical (unpaired) electrons. The van der Waals surface area contributed by atoms with E-state index in [2.05, 4.69) is 15.6 Å². The van der Waals surface area contributed by atoms with Gasteiger partial charge in [0.05, 0.1) is 11.7 Å². The van der Waals surface area contributed by atoms with Crippen LogP contribution in [-0.2, 0) is 0 Å². The Morgan fingerprint density at radius 2 is 1.93 bits per heavy atom. The van der Waals surface area contributed by atoms with Crippen molar-refractivity contribution in [3.8, 4) is 5.75 Å². The number of phenols is 1. The number of ketones is 1. The number of aromatic nitrogens is 1. The zero-order valence-corrected chi connectivity index (χ0v) is 14.6. The molecule has 4 rings (SSSR count). The van der Waals surface area contributed by atoms with E-state index in [9.17, 15) is 9.90 Å². The highest BCUT2D eigenvalue weighted by Gasteiger charge is 2.21. The monoisotopic (exact) mass is 357 g/mol. The Hall–Kier alpha value is -3.60. The SMILES string of the molecule is O=C(/C=C1\CC(c2cccc(O)c2)Nc2ncccc2N1)c1ccccc1. The summed E-state index contributed by atoms with van der Waals surface area (Å²) in [7, 11) is 0. The van der Waals surface area contributed by atoms with Crippen LogP contribution in [0.15, 0.2) is 84.7 Å². The fourth-order valence-electron chi connectivity index (χ4n) is 3.16. The minimum Gasteiger partial charge on any atom is -0.508 e. The van der Waals surface area contributed by atoms with E-state index in [1.165, 1.54) is 0 Å². The van der Waals surface area contributed by atoms with Crippen LogP contribution >= 0.6 is 0 Å². The molecular weight excluding hydrogens is 338 g/mol. The van der Waals surface area contributed by atoms with Crippen molar-refractivity contribution in [1.82, 2.24) is 4.98 Å². The molecule has 1 atom stereocenters. The lowest BCUT2D eigenvalue weighted by Gasteiger charge is -2.18. The first-order valence-electron chi connectivity index (χ1n) is 8.76. The molecule has 5 heteroatoms. The van der Waals surface area contributed by atoms with Gasteiger partial charge in [0.2, 0.25) is 0 Å². The summed E-state index contributed by atoms with van der Waals surface area (Å²) in [6.45, 7) is 0. The molecule has 5 nitrogen and oxygen atoms in total. The molecule has 0 aliphatic carbocycles. The summed E-state index contributed by atoms with van der Waals surface area (Å²) in [5.74, 6) is 0.861. The summed E-state index contributed by atoms with van der Waals surface area (Å²) < 4.78 is 0. The number of fused-ring (bicyclic) bond motifs is 1. The van der Waals surface area contributed by atoms with Gasteiger partial charge in [0, 0.05) is 30.0 Å². The number of hydrogen-bond donors (Lipinski definition) is 3. The van der Waals surface area contributed by atoms with Crippen LogP contribution in [0.1, 0.15) is 28.4 Å². The second-order valence-corrected chi connectivity index (χ2v) is 6.42. The molecule has 134 valence electrons. The average molecular weight is 357 g/mol. The van der Waals surface area contributed by atoms with Crippen LogP contribution < -0.4 is 10.6 Å². The lowest BCUT2D eigenvalue weighted by atomic mass is 10.0. The van der Waals surface area contributed by atoms with Crippen molar-refractivity contribution in [3.05, 3.63) is 95.8 Å². The number of allylic oxidation sites excluding steroid dienone is 1. The van der Waals surface area contributed by atoms with Crippen molar-refractivity contribution in [2.75, 3.05) is 10.6 Å². The number of pyridine rings is 1. The van der Waals surface area contributed by atoms with E-state index in [4.69, 9.17) is 0 Å². The van der Waals surface area contributed by atoms with Crippen LogP contribution in [0.4, 0.5) is 11.5 Å². The highest BCUT2D eigenvalue weighted by Crippen LogP contribution is 2.34. The third kappa shape index (κ3) is 3.82. The predicted octanol–water partition coefficient (Wildman–Crippen LogP) is 4.52. The molecular formula is C22H19N3O2. The molecule has 27 heavy (non-hydrogen) atoms. The van der Waals surface area contributed by atoms with Crippen molar-refractivity contribution >= 4 is 17.3 Å². The maximum absolute atomic E-state index is 12.6. The molecule has 1 unspecified atom stereocenters. The quantitative estimate of drug-likeness (QED) is 0.475. The van der Waals surface area contributed by atoms with Crippen molar-refractivity contribution in [1.29, 1.82) is 0 Å². The van der Waals surface area contributed by atoms with E-state index in [0.29, 0.717) is 17.8 Å². The lowest BCUT2D eigenvalue weighted by Crippen LogP contribution is -2.11. The largest absolute Gasteiger partial charge is 0.508 e. The minimum absolute atomic E-state index is 0.0555. The molecule has 0 fully saturated rings. The minimum atomic E-state index is -0.129. The Kier molecular flexibility index (Phi) is 4.58. The van der Waals surface area contributed by atoms with Gasteiger partial charge in [-0.25, -0.2) is 4.98 Å². The second-order valence-electron chi connectivity index (χ2n) is 6.42. The first-order valence-corrected chi connectivity index (χ1v) is 8.76. The van der Waals surface area contributed by atoms with Gasteiger partial charge < -0.3 is 15.7 Å². The van der Waals surface area contributed by atoms with Crippen LogP contribution in [-0.4, -0.2) is 15.9 Å². The van der Waals surface area contributed by atoms with Crippen molar-refractivity contribution in [3.63, 3.8) is 0 Å². The third-order valence-corrected chi connectivity index (χ3v) is 4.47. The average Bonchev–Trinajstić information content (AvgIpc) is 2.87. The molecule has 3 N–H and O–H groups in total. The van der Waals surface area contributed by atoms with Gasteiger partial charge in [-0.05, 0) is 29.8 Å². The number of anilines is 2. The van der Waals surface area contributed by atoms with Gasteiger partial charge in [-0.2, -0.15) is 0 Å². The highest BCUT2D eigenvalue weighted by molar-refractivity contribution is 6.05. The molecule has 0 amide bonds. The fraction of sp³-hybridized carbons (Fsp3) is 0.0909. The maximum Gasteiger partial charge on any atom is 0.187 e. The Bertz CT molecular complexity index is 999. The van der Waals surface area contributed by atoms with E-state index in [1.54, 1.807) is 36.5 Å². The number of carbonyl (C=O) groups is 1. The third-order valence-electron chi connectivity index (χ3n) is 4.47. The molecule has 1 aliphatic heterocycles. The van der Waals surface area contributed by atoms with Crippen LogP contribution in [0.5, 0.6) is 5.75 Å². The molecule has 1 aliphatic rings. The summed E-state index contributed by atoms with van der Waals surface area (Å²) in [4.78, 5) is 17.0. The van der Waals surface area contributed by atoms with Gasteiger partial charge in [-0.3, -0.25) is 4.79 Å². The molecule has 2 heterocycles. The number of phenolic OH excluding ortho intramolecular Hbond substituents is 1.